The van der Waals surface area contributed by atoms with Crippen LogP contribution in [0.15, 0.2) is 47.4 Å². The van der Waals surface area contributed by atoms with Crippen molar-refractivity contribution in [1.29, 1.82) is 0 Å². The van der Waals surface area contributed by atoms with E-state index < -0.39 is 32.1 Å². The molecule has 0 radical (unpaired) electrons. The van der Waals surface area contributed by atoms with Crippen LogP contribution >= 0.6 is 11.6 Å². The van der Waals surface area contributed by atoms with Gasteiger partial charge in [0, 0.05) is 12.0 Å². The molecule has 9 heteroatoms. The highest BCUT2D eigenvalue weighted by molar-refractivity contribution is 7.92. The normalized spacial score (nSPS) is 19.7. The van der Waals surface area contributed by atoms with Crippen LogP contribution in [0.3, 0.4) is 0 Å². The lowest BCUT2D eigenvalue weighted by Crippen LogP contribution is -2.46. The summed E-state index contributed by atoms with van der Waals surface area (Å²) in [6, 6.07) is 7.48. The Morgan fingerprint density at radius 1 is 1.10 bits per heavy atom. The van der Waals surface area contributed by atoms with Crippen molar-refractivity contribution in [2.45, 2.75) is 48.9 Å². The van der Waals surface area contributed by atoms with Crippen molar-refractivity contribution in [3.05, 3.63) is 64.4 Å². The van der Waals surface area contributed by atoms with Gasteiger partial charge in [-0.15, -0.1) is 0 Å². The van der Waals surface area contributed by atoms with E-state index in [1.54, 1.807) is 0 Å². The molecule has 0 amide bonds. The number of rotatable bonds is 6. The van der Waals surface area contributed by atoms with Crippen LogP contribution in [0.25, 0.3) is 0 Å². The molecule has 0 atom stereocenters. The largest absolute Gasteiger partial charge is 0.416 e. The summed E-state index contributed by atoms with van der Waals surface area (Å²) in [6.45, 7) is 3.01. The lowest BCUT2D eigenvalue weighted by molar-refractivity contribution is -0.137. The molecule has 3 rings (SSSR count). The van der Waals surface area contributed by atoms with Gasteiger partial charge in [0.1, 0.15) is 5.82 Å². The van der Waals surface area contributed by atoms with Crippen molar-refractivity contribution in [2.24, 2.45) is 11.8 Å². The maximum atomic E-state index is 13.3. The lowest BCUT2D eigenvalue weighted by Gasteiger charge is -2.44. The molecule has 0 N–H and O–H groups in total. The first-order chi connectivity index (χ1) is 14.2. The number of benzene rings is 2. The molecule has 31 heavy (non-hydrogen) atoms. The van der Waals surface area contributed by atoms with Crippen LogP contribution in [0.4, 0.5) is 17.6 Å². The first-order valence-corrected chi connectivity index (χ1v) is 11.5. The molecule has 168 valence electrons. The van der Waals surface area contributed by atoms with Gasteiger partial charge >= 0.3 is 6.18 Å². The third-order valence-corrected chi connectivity index (χ3v) is 8.98. The quantitative estimate of drug-likeness (QED) is 0.360. The summed E-state index contributed by atoms with van der Waals surface area (Å²) in [4.78, 5) is 12.0. The minimum absolute atomic E-state index is 0.0580. The van der Waals surface area contributed by atoms with E-state index in [2.05, 4.69) is 0 Å². The van der Waals surface area contributed by atoms with Gasteiger partial charge in [-0.2, -0.15) is 13.2 Å². The van der Waals surface area contributed by atoms with Crippen LogP contribution in [0.1, 0.15) is 49.0 Å². The third-order valence-electron chi connectivity index (χ3n) is 6.10. The molecule has 0 aliphatic heterocycles. The van der Waals surface area contributed by atoms with E-state index in [1.165, 1.54) is 32.0 Å². The maximum Gasteiger partial charge on any atom is 0.416 e. The number of hydrogen-bond donors (Lipinski definition) is 0. The van der Waals surface area contributed by atoms with Gasteiger partial charge in [0.2, 0.25) is 0 Å². The molecular weight excluding hydrogens is 456 g/mol. The fourth-order valence-corrected chi connectivity index (χ4v) is 5.84. The summed E-state index contributed by atoms with van der Waals surface area (Å²) < 4.78 is 77.2. The summed E-state index contributed by atoms with van der Waals surface area (Å²) in [5, 5.41) is -0.148. The minimum Gasteiger partial charge on any atom is -0.294 e. The van der Waals surface area contributed by atoms with Crippen molar-refractivity contribution in [3.8, 4) is 0 Å². The van der Waals surface area contributed by atoms with Crippen molar-refractivity contribution in [1.82, 2.24) is 0 Å². The Kier molecular flexibility index (Phi) is 6.28. The average Bonchev–Trinajstić information content (AvgIpc) is 2.65. The Hall–Kier alpha value is -1.93. The molecule has 0 aromatic heterocycles. The van der Waals surface area contributed by atoms with Crippen LogP contribution in [-0.2, 0) is 16.0 Å². The SMILES string of the molecule is CC(C)(C1CC(CC(=O)c2ccc(F)c(Cl)c2)C1)S(=O)(=O)c1cccc(C(F)(F)F)c1. The smallest absolute Gasteiger partial charge is 0.294 e. The number of sulfone groups is 1. The van der Waals surface area contributed by atoms with Crippen LogP contribution in [0.5, 0.6) is 0 Å². The van der Waals surface area contributed by atoms with Crippen LogP contribution in [-0.4, -0.2) is 18.9 Å². The summed E-state index contributed by atoms with van der Waals surface area (Å²) in [7, 11) is -4.04. The van der Waals surface area contributed by atoms with Gasteiger partial charge in [0.25, 0.3) is 0 Å². The maximum absolute atomic E-state index is 13.3. The number of ketones is 1. The van der Waals surface area contributed by atoms with Crippen LogP contribution in [0.2, 0.25) is 5.02 Å². The third kappa shape index (κ3) is 4.65. The van der Waals surface area contributed by atoms with Gasteiger partial charge in [-0.25, -0.2) is 12.8 Å². The summed E-state index contributed by atoms with van der Waals surface area (Å²) in [6.07, 6.45) is -3.57. The second-order valence-corrected chi connectivity index (χ2v) is 11.4. The molecule has 0 saturated heterocycles. The van der Waals surface area contributed by atoms with Crippen molar-refractivity contribution in [3.63, 3.8) is 0 Å². The highest BCUT2D eigenvalue weighted by Gasteiger charge is 2.49. The Morgan fingerprint density at radius 3 is 2.32 bits per heavy atom. The predicted molar refractivity (Wildman–Crippen MR) is 109 cm³/mol. The molecule has 0 bridgehead atoms. The van der Waals surface area contributed by atoms with Gasteiger partial charge < -0.3 is 0 Å². The summed E-state index contributed by atoms with van der Waals surface area (Å²) in [5.74, 6) is -1.20. The van der Waals surface area contributed by atoms with Gasteiger partial charge in [-0.1, -0.05) is 17.7 Å². The average molecular weight is 477 g/mol. The van der Waals surface area contributed by atoms with Gasteiger partial charge in [-0.05, 0) is 74.9 Å². The van der Waals surface area contributed by atoms with E-state index in [9.17, 15) is 30.8 Å². The highest BCUT2D eigenvalue weighted by Crippen LogP contribution is 2.48. The first kappa shape index (κ1) is 23.7. The molecule has 0 unspecified atom stereocenters. The van der Waals surface area contributed by atoms with Crippen molar-refractivity contribution < 1.29 is 30.8 Å². The molecule has 3 nitrogen and oxygen atoms in total. The summed E-state index contributed by atoms with van der Waals surface area (Å²) in [5.41, 5.74) is -0.731. The van der Waals surface area contributed by atoms with E-state index >= 15 is 0 Å². The molecule has 1 fully saturated rings. The molecule has 0 heterocycles. The molecule has 2 aromatic carbocycles. The Balaban J connectivity index is 1.70. The van der Waals surface area contributed by atoms with E-state index in [4.69, 9.17) is 11.6 Å². The number of halogens is 5. The second kappa shape index (κ2) is 8.20. The molecule has 1 saturated carbocycles. The minimum atomic E-state index is -4.64. The monoisotopic (exact) mass is 476 g/mol. The standard InChI is InChI=1S/C22H21ClF4O3S/c1-21(2,31(29,30)17-5-3-4-15(12-17)22(25,26)27)16-8-13(9-16)10-20(28)14-6-7-19(24)18(23)11-14/h3-7,11-13,16H,8-10H2,1-2H3. The molecule has 0 spiro atoms. The van der Waals surface area contributed by atoms with Gasteiger partial charge in [-0.3, -0.25) is 4.79 Å². The first-order valence-electron chi connectivity index (χ1n) is 9.63. The zero-order valence-electron chi connectivity index (χ0n) is 16.8. The van der Waals surface area contributed by atoms with E-state index in [-0.39, 0.29) is 39.5 Å². The highest BCUT2D eigenvalue weighted by atomic mass is 35.5. The number of alkyl halides is 3. The van der Waals surface area contributed by atoms with E-state index in [0.717, 1.165) is 18.2 Å². The van der Waals surface area contributed by atoms with E-state index in [1.807, 2.05) is 0 Å². The molecule has 1 aliphatic rings. The Labute approximate surface area is 183 Å². The number of Topliss-reactive ketones (excluding diaryl/α,β-unsaturated/α-hetero) is 1. The molecule has 2 aromatic rings. The molecular formula is C22H21ClF4O3S. The van der Waals surface area contributed by atoms with Crippen molar-refractivity contribution >= 4 is 27.2 Å². The number of carbonyl (C=O) groups is 1. The zero-order chi connectivity index (χ0) is 23.2. The Bertz CT molecular complexity index is 1100. The van der Waals surface area contributed by atoms with Crippen LogP contribution in [0, 0.1) is 17.7 Å². The van der Waals surface area contributed by atoms with Crippen molar-refractivity contribution in [2.75, 3.05) is 0 Å². The zero-order valence-corrected chi connectivity index (χ0v) is 18.4. The number of carbonyl (C=O) groups excluding carboxylic acids is 1. The fourth-order valence-electron chi connectivity index (χ4n) is 3.88. The van der Waals surface area contributed by atoms with Gasteiger partial charge in [0.05, 0.1) is 20.2 Å². The predicted octanol–water partition coefficient (Wildman–Crippen LogP) is 6.35. The van der Waals surface area contributed by atoms with Crippen LogP contribution < -0.4 is 0 Å². The summed E-state index contributed by atoms with van der Waals surface area (Å²) >= 11 is 5.71. The fraction of sp³-hybridized carbons (Fsp3) is 0.409. The lowest BCUT2D eigenvalue weighted by atomic mass is 9.67. The Morgan fingerprint density at radius 2 is 1.74 bits per heavy atom. The van der Waals surface area contributed by atoms with Gasteiger partial charge in [0.15, 0.2) is 15.6 Å². The second-order valence-electron chi connectivity index (χ2n) is 8.42. The van der Waals surface area contributed by atoms with E-state index in [0.29, 0.717) is 18.9 Å². The molecule has 1 aliphatic carbocycles. The topological polar surface area (TPSA) is 51.2 Å². The number of hydrogen-bond acceptors (Lipinski definition) is 3.